The van der Waals surface area contributed by atoms with Gasteiger partial charge in [0.25, 0.3) is 11.8 Å². The summed E-state index contributed by atoms with van der Waals surface area (Å²) in [6, 6.07) is 20.2. The molecule has 218 valence electrons. The first kappa shape index (κ1) is 30.3. The molecule has 10 heteroatoms. The van der Waals surface area contributed by atoms with Crippen LogP contribution in [0.15, 0.2) is 82.0 Å². The highest BCUT2D eigenvalue weighted by Crippen LogP contribution is 2.38. The molecule has 0 radical (unpaired) electrons. The normalized spacial score (nSPS) is 13.3. The molecule has 1 atom stereocenters. The second-order valence-corrected chi connectivity index (χ2v) is 13.1. The Morgan fingerprint density at radius 2 is 1.86 bits per heavy atom. The molecule has 1 unspecified atom stereocenters. The highest BCUT2D eigenvalue weighted by Gasteiger charge is 2.25. The number of fused-ring (bicyclic) bond motifs is 1. The quantitative estimate of drug-likeness (QED) is 0.125. The van der Waals surface area contributed by atoms with Crippen LogP contribution >= 0.6 is 34.4 Å². The first-order valence-corrected chi connectivity index (χ1v) is 16.6. The Labute approximate surface area is 263 Å². The fourth-order valence-corrected chi connectivity index (χ4v) is 7.64. The zero-order valence-electron chi connectivity index (χ0n) is 23.5. The standard InChI is InChI=1S/C33H30N4O3S3/c1-2-28(32(40)37-33-26(19-34)25-13-6-7-14-29(25)43-33)42-24-12-8-11-23(18-24)35-31(39)27(17-21-15-16-41-20-21)36-30(38)22-9-4-3-5-10-22/h3-5,8-12,15-18,20,28H,2,6-7,13-14H2,1H3,(H,35,39)(H,36,38)(H,37,40)/b27-17-. The van der Waals surface area contributed by atoms with Crippen molar-refractivity contribution in [1.29, 1.82) is 5.26 Å². The molecule has 1 aliphatic rings. The number of thiophene rings is 2. The fourth-order valence-electron chi connectivity index (χ4n) is 4.76. The van der Waals surface area contributed by atoms with Crippen LogP contribution in [0.1, 0.15) is 58.1 Å². The van der Waals surface area contributed by atoms with Crippen LogP contribution in [0.3, 0.4) is 0 Å². The maximum absolute atomic E-state index is 13.4. The van der Waals surface area contributed by atoms with E-state index >= 15 is 0 Å². The maximum atomic E-state index is 13.4. The lowest BCUT2D eigenvalue weighted by molar-refractivity contribution is -0.116. The Bertz CT molecular complexity index is 1690. The summed E-state index contributed by atoms with van der Waals surface area (Å²) in [6.07, 6.45) is 6.23. The summed E-state index contributed by atoms with van der Waals surface area (Å²) in [7, 11) is 0. The number of aryl methyl sites for hydroxylation is 1. The monoisotopic (exact) mass is 626 g/mol. The van der Waals surface area contributed by atoms with Gasteiger partial charge in [0.2, 0.25) is 5.91 Å². The van der Waals surface area contributed by atoms with Crippen molar-refractivity contribution in [1.82, 2.24) is 5.32 Å². The summed E-state index contributed by atoms with van der Waals surface area (Å²) < 4.78 is 0. The molecule has 3 amide bonds. The molecule has 3 N–H and O–H groups in total. The lowest BCUT2D eigenvalue weighted by Crippen LogP contribution is -2.30. The van der Waals surface area contributed by atoms with Crippen LogP contribution in [-0.4, -0.2) is 23.0 Å². The van der Waals surface area contributed by atoms with Gasteiger partial charge in [-0.2, -0.15) is 16.6 Å². The molecule has 2 heterocycles. The molecular formula is C33H30N4O3S3. The zero-order valence-corrected chi connectivity index (χ0v) is 26.0. The van der Waals surface area contributed by atoms with Crippen molar-refractivity contribution in [3.05, 3.63) is 104 Å². The molecule has 0 saturated heterocycles. The first-order chi connectivity index (χ1) is 20.9. The second-order valence-electron chi connectivity index (χ2n) is 9.95. The Morgan fingerprint density at radius 3 is 2.60 bits per heavy atom. The third kappa shape index (κ3) is 7.62. The van der Waals surface area contributed by atoms with Crippen molar-refractivity contribution >= 4 is 68.9 Å². The number of hydrogen-bond donors (Lipinski definition) is 3. The number of benzene rings is 2. The molecule has 0 spiro atoms. The van der Waals surface area contributed by atoms with Crippen molar-refractivity contribution in [2.45, 2.75) is 49.2 Å². The number of amides is 3. The minimum Gasteiger partial charge on any atom is -0.321 e. The van der Waals surface area contributed by atoms with Crippen molar-refractivity contribution in [2.75, 3.05) is 10.6 Å². The van der Waals surface area contributed by atoms with Crippen molar-refractivity contribution in [3.63, 3.8) is 0 Å². The summed E-state index contributed by atoms with van der Waals surface area (Å²) in [4.78, 5) is 41.5. The molecule has 1 aliphatic carbocycles. The lowest BCUT2D eigenvalue weighted by Gasteiger charge is -2.15. The predicted octanol–water partition coefficient (Wildman–Crippen LogP) is 7.48. The van der Waals surface area contributed by atoms with Gasteiger partial charge in [0.05, 0.1) is 10.8 Å². The average Bonchev–Trinajstić information content (AvgIpc) is 3.67. The SMILES string of the molecule is CCC(Sc1cccc(NC(=O)/C(=C/c2ccsc2)NC(=O)c2ccccc2)c1)C(=O)Nc1sc2c(c1C#N)CCCC2. The van der Waals surface area contributed by atoms with Crippen LogP contribution in [0.5, 0.6) is 0 Å². The number of carbonyl (C=O) groups is 3. The molecule has 0 aliphatic heterocycles. The van der Waals surface area contributed by atoms with E-state index in [1.165, 1.54) is 39.3 Å². The molecule has 5 rings (SSSR count). The highest BCUT2D eigenvalue weighted by molar-refractivity contribution is 8.00. The molecule has 2 aromatic heterocycles. The number of hydrogen-bond acceptors (Lipinski definition) is 7. The predicted molar refractivity (Wildman–Crippen MR) is 176 cm³/mol. The van der Waals surface area contributed by atoms with E-state index < -0.39 is 11.2 Å². The van der Waals surface area contributed by atoms with E-state index in [1.807, 2.05) is 48.0 Å². The van der Waals surface area contributed by atoms with Crippen LogP contribution in [0.4, 0.5) is 10.7 Å². The van der Waals surface area contributed by atoms with Crippen LogP contribution in [0, 0.1) is 11.3 Å². The fraction of sp³-hybridized carbons (Fsp3) is 0.212. The minimum atomic E-state index is -0.465. The third-order valence-corrected chi connectivity index (χ3v) is 10.2. The van der Waals surface area contributed by atoms with Crippen molar-refractivity contribution < 1.29 is 14.4 Å². The summed E-state index contributed by atoms with van der Waals surface area (Å²) in [5.41, 5.74) is 3.58. The summed E-state index contributed by atoms with van der Waals surface area (Å²) in [5, 5.41) is 22.5. The van der Waals surface area contributed by atoms with Crippen LogP contribution < -0.4 is 16.0 Å². The van der Waals surface area contributed by atoms with Gasteiger partial charge in [0, 0.05) is 21.0 Å². The van der Waals surface area contributed by atoms with Gasteiger partial charge in [0.1, 0.15) is 16.8 Å². The lowest BCUT2D eigenvalue weighted by atomic mass is 9.96. The van der Waals surface area contributed by atoms with Crippen molar-refractivity contribution in [2.24, 2.45) is 0 Å². The van der Waals surface area contributed by atoms with Gasteiger partial charge >= 0.3 is 0 Å². The number of nitriles is 1. The molecule has 7 nitrogen and oxygen atoms in total. The molecule has 0 saturated carbocycles. The van der Waals surface area contributed by atoms with Crippen LogP contribution in [0.25, 0.3) is 6.08 Å². The summed E-state index contributed by atoms with van der Waals surface area (Å²) in [5.74, 6) is -1.00. The molecule has 4 aromatic rings. The Morgan fingerprint density at radius 1 is 1.05 bits per heavy atom. The van der Waals surface area contributed by atoms with Gasteiger partial charge in [-0.25, -0.2) is 0 Å². The summed E-state index contributed by atoms with van der Waals surface area (Å²) in [6.45, 7) is 1.95. The van der Waals surface area contributed by atoms with E-state index in [-0.39, 0.29) is 17.5 Å². The van der Waals surface area contributed by atoms with Gasteiger partial charge < -0.3 is 16.0 Å². The number of anilines is 2. The number of nitrogens with zero attached hydrogens (tertiary/aromatic N) is 1. The van der Waals surface area contributed by atoms with Crippen LogP contribution in [0.2, 0.25) is 0 Å². The van der Waals surface area contributed by atoms with Gasteiger partial charge in [-0.3, -0.25) is 14.4 Å². The van der Waals surface area contributed by atoms with E-state index in [9.17, 15) is 19.6 Å². The Kier molecular flexibility index (Phi) is 10.1. The Hall–Kier alpha value is -4.17. The molecule has 0 bridgehead atoms. The number of carbonyl (C=O) groups excluding carboxylic acids is 3. The van der Waals surface area contributed by atoms with Gasteiger partial charge in [-0.1, -0.05) is 31.2 Å². The maximum Gasteiger partial charge on any atom is 0.272 e. The largest absolute Gasteiger partial charge is 0.321 e. The van der Waals surface area contributed by atoms with Gasteiger partial charge in [-0.05, 0) is 96.5 Å². The van der Waals surface area contributed by atoms with E-state index in [1.54, 1.807) is 36.4 Å². The summed E-state index contributed by atoms with van der Waals surface area (Å²) >= 11 is 4.41. The third-order valence-electron chi connectivity index (χ3n) is 6.94. The number of rotatable bonds is 10. The number of nitrogens with one attached hydrogen (secondary N) is 3. The number of thioether (sulfide) groups is 1. The first-order valence-electron chi connectivity index (χ1n) is 14.0. The second kappa shape index (κ2) is 14.3. The average molecular weight is 627 g/mol. The minimum absolute atomic E-state index is 0.114. The molecule has 2 aromatic carbocycles. The molecule has 43 heavy (non-hydrogen) atoms. The van der Waals surface area contributed by atoms with Gasteiger partial charge in [-0.15, -0.1) is 23.1 Å². The van der Waals surface area contributed by atoms with Crippen molar-refractivity contribution in [3.8, 4) is 6.07 Å². The smallest absolute Gasteiger partial charge is 0.272 e. The molecular weight excluding hydrogens is 597 g/mol. The van der Waals surface area contributed by atoms with Gasteiger partial charge in [0.15, 0.2) is 0 Å². The zero-order chi connectivity index (χ0) is 30.2. The highest BCUT2D eigenvalue weighted by atomic mass is 32.2. The molecule has 0 fully saturated rings. The topological polar surface area (TPSA) is 111 Å². The van der Waals surface area contributed by atoms with E-state index in [4.69, 9.17) is 0 Å². The van der Waals surface area contributed by atoms with Crippen LogP contribution in [-0.2, 0) is 22.4 Å². The van der Waals surface area contributed by atoms with E-state index in [0.29, 0.717) is 28.2 Å². The Balaban J connectivity index is 1.28. The van der Waals surface area contributed by atoms with E-state index in [0.717, 1.165) is 41.7 Å². The van der Waals surface area contributed by atoms with E-state index in [2.05, 4.69) is 22.0 Å².